The van der Waals surface area contributed by atoms with Gasteiger partial charge in [0, 0.05) is 6.61 Å². The van der Waals surface area contributed by atoms with Gasteiger partial charge in [0.1, 0.15) is 6.10 Å². The lowest BCUT2D eigenvalue weighted by atomic mass is 9.94. The van der Waals surface area contributed by atoms with Gasteiger partial charge in [-0.2, -0.15) is 0 Å². The van der Waals surface area contributed by atoms with Gasteiger partial charge < -0.3 is 4.74 Å². The zero-order valence-electron chi connectivity index (χ0n) is 13.0. The van der Waals surface area contributed by atoms with E-state index in [1.54, 1.807) is 0 Å². The number of rotatable bonds is 6. The van der Waals surface area contributed by atoms with Crippen LogP contribution in [0.25, 0.3) is 0 Å². The van der Waals surface area contributed by atoms with Crippen LogP contribution in [-0.4, -0.2) is 6.61 Å². The average Bonchev–Trinajstić information content (AvgIpc) is 2.51. The molecule has 3 N–H and O–H groups in total. The molecule has 21 heavy (non-hydrogen) atoms. The number of aryl methyl sites for hydroxylation is 2. The second-order valence-corrected chi connectivity index (χ2v) is 5.27. The maximum Gasteiger partial charge on any atom is 0.103 e. The molecule has 0 aliphatic rings. The molecule has 2 atom stereocenters. The summed E-state index contributed by atoms with van der Waals surface area (Å²) in [6.07, 6.45) is -0.108. The van der Waals surface area contributed by atoms with Gasteiger partial charge in [0.15, 0.2) is 0 Å². The number of hydrazine groups is 1. The third kappa shape index (κ3) is 3.70. The molecule has 0 aliphatic heterocycles. The Balaban J connectivity index is 2.37. The number of nitrogens with one attached hydrogen (secondary N) is 1. The SMILES string of the molecule is CCOC(c1ccccc1)C(NN)c1ccc(C)c(C)c1. The lowest BCUT2D eigenvalue weighted by molar-refractivity contribution is 0.0326. The number of benzene rings is 2. The van der Waals surface area contributed by atoms with E-state index in [1.165, 1.54) is 11.1 Å². The van der Waals surface area contributed by atoms with Crippen LogP contribution < -0.4 is 11.3 Å². The van der Waals surface area contributed by atoms with Crippen molar-refractivity contribution in [2.45, 2.75) is 32.9 Å². The molecule has 0 heterocycles. The van der Waals surface area contributed by atoms with E-state index < -0.39 is 0 Å². The molecule has 112 valence electrons. The number of ether oxygens (including phenoxy) is 1. The monoisotopic (exact) mass is 284 g/mol. The van der Waals surface area contributed by atoms with E-state index in [9.17, 15) is 0 Å². The van der Waals surface area contributed by atoms with Crippen LogP contribution in [0.4, 0.5) is 0 Å². The molecule has 2 unspecified atom stereocenters. The Morgan fingerprint density at radius 3 is 2.29 bits per heavy atom. The lowest BCUT2D eigenvalue weighted by Gasteiger charge is -2.27. The minimum atomic E-state index is -0.108. The maximum absolute atomic E-state index is 5.96. The van der Waals surface area contributed by atoms with E-state index in [1.807, 2.05) is 25.1 Å². The second-order valence-electron chi connectivity index (χ2n) is 5.27. The molecule has 0 fully saturated rings. The molecule has 0 aromatic heterocycles. The van der Waals surface area contributed by atoms with Crippen molar-refractivity contribution >= 4 is 0 Å². The topological polar surface area (TPSA) is 47.3 Å². The largest absolute Gasteiger partial charge is 0.372 e. The minimum absolute atomic E-state index is 0.0772. The second kappa shape index (κ2) is 7.36. The fraction of sp³-hybridized carbons (Fsp3) is 0.333. The predicted molar refractivity (Wildman–Crippen MR) is 86.8 cm³/mol. The first-order valence-corrected chi connectivity index (χ1v) is 7.37. The number of hydrogen-bond acceptors (Lipinski definition) is 3. The van der Waals surface area contributed by atoms with Gasteiger partial charge in [-0.15, -0.1) is 0 Å². The highest BCUT2D eigenvalue weighted by Crippen LogP contribution is 2.32. The molecule has 3 nitrogen and oxygen atoms in total. The molecular formula is C18H24N2O. The molecule has 0 aliphatic carbocycles. The standard InChI is InChI=1S/C18H24N2O/c1-4-21-18(15-8-6-5-7-9-15)17(20-19)16-11-10-13(2)14(3)12-16/h5-12,17-18,20H,4,19H2,1-3H3. The minimum Gasteiger partial charge on any atom is -0.372 e. The Labute approximate surface area is 127 Å². The van der Waals surface area contributed by atoms with E-state index >= 15 is 0 Å². The van der Waals surface area contributed by atoms with Crippen LogP contribution in [0.15, 0.2) is 48.5 Å². The summed E-state index contributed by atoms with van der Waals surface area (Å²) in [6.45, 7) is 6.87. The Morgan fingerprint density at radius 2 is 1.71 bits per heavy atom. The fourth-order valence-electron chi connectivity index (χ4n) is 2.52. The van der Waals surface area contributed by atoms with Gasteiger partial charge in [-0.1, -0.05) is 48.5 Å². The van der Waals surface area contributed by atoms with Gasteiger partial charge in [0.2, 0.25) is 0 Å². The van der Waals surface area contributed by atoms with Gasteiger partial charge in [0.25, 0.3) is 0 Å². The van der Waals surface area contributed by atoms with Gasteiger partial charge >= 0.3 is 0 Å². The normalized spacial score (nSPS) is 13.9. The molecule has 3 heteroatoms. The van der Waals surface area contributed by atoms with E-state index in [2.05, 4.69) is 49.6 Å². The third-order valence-corrected chi connectivity index (χ3v) is 3.85. The van der Waals surface area contributed by atoms with Gasteiger partial charge in [-0.25, -0.2) is 0 Å². The van der Waals surface area contributed by atoms with E-state index in [0.29, 0.717) is 6.61 Å². The summed E-state index contributed by atoms with van der Waals surface area (Å²) in [6, 6.07) is 16.5. The first-order chi connectivity index (χ1) is 10.2. The summed E-state index contributed by atoms with van der Waals surface area (Å²) < 4.78 is 5.96. The molecule has 2 aromatic carbocycles. The van der Waals surface area contributed by atoms with Crippen molar-refractivity contribution in [2.75, 3.05) is 6.61 Å². The highest BCUT2D eigenvalue weighted by molar-refractivity contribution is 5.33. The van der Waals surface area contributed by atoms with Gasteiger partial charge in [0.05, 0.1) is 6.04 Å². The molecule has 2 rings (SSSR count). The Morgan fingerprint density at radius 1 is 1.00 bits per heavy atom. The van der Waals surface area contributed by atoms with Crippen LogP contribution in [0.2, 0.25) is 0 Å². The van der Waals surface area contributed by atoms with Crippen LogP contribution in [0, 0.1) is 13.8 Å². The summed E-state index contributed by atoms with van der Waals surface area (Å²) in [7, 11) is 0. The highest BCUT2D eigenvalue weighted by Gasteiger charge is 2.24. The van der Waals surface area contributed by atoms with Crippen molar-refractivity contribution in [3.63, 3.8) is 0 Å². The first kappa shape index (κ1) is 15.7. The zero-order chi connectivity index (χ0) is 15.2. The highest BCUT2D eigenvalue weighted by atomic mass is 16.5. The third-order valence-electron chi connectivity index (χ3n) is 3.85. The zero-order valence-corrected chi connectivity index (χ0v) is 13.0. The van der Waals surface area contributed by atoms with Gasteiger partial charge in [-0.05, 0) is 43.0 Å². The molecule has 0 saturated heterocycles. The summed E-state index contributed by atoms with van der Waals surface area (Å²) >= 11 is 0. The summed E-state index contributed by atoms with van der Waals surface area (Å²) in [4.78, 5) is 0. The fourth-order valence-corrected chi connectivity index (χ4v) is 2.52. The van der Waals surface area contributed by atoms with Crippen molar-refractivity contribution in [1.29, 1.82) is 0 Å². The molecule has 0 spiro atoms. The van der Waals surface area contributed by atoms with E-state index in [-0.39, 0.29) is 12.1 Å². The smallest absolute Gasteiger partial charge is 0.103 e. The van der Waals surface area contributed by atoms with Crippen LogP contribution in [0.1, 0.15) is 41.3 Å². The van der Waals surface area contributed by atoms with Crippen LogP contribution in [0.3, 0.4) is 0 Å². The van der Waals surface area contributed by atoms with Crippen LogP contribution in [-0.2, 0) is 4.74 Å². The average molecular weight is 284 g/mol. The summed E-state index contributed by atoms with van der Waals surface area (Å²) in [5.41, 5.74) is 7.73. The molecule has 2 aromatic rings. The lowest BCUT2D eigenvalue weighted by Crippen LogP contribution is -2.33. The Kier molecular flexibility index (Phi) is 5.51. The number of hydrogen-bond donors (Lipinski definition) is 2. The van der Waals surface area contributed by atoms with Crippen molar-refractivity contribution in [3.05, 3.63) is 70.8 Å². The van der Waals surface area contributed by atoms with Crippen molar-refractivity contribution < 1.29 is 4.74 Å². The van der Waals surface area contributed by atoms with Crippen LogP contribution >= 0.6 is 0 Å². The van der Waals surface area contributed by atoms with Gasteiger partial charge in [-0.3, -0.25) is 11.3 Å². The van der Waals surface area contributed by atoms with Crippen molar-refractivity contribution in [2.24, 2.45) is 5.84 Å². The molecule has 0 saturated carbocycles. The van der Waals surface area contributed by atoms with E-state index in [0.717, 1.165) is 11.1 Å². The molecule has 0 bridgehead atoms. The first-order valence-electron chi connectivity index (χ1n) is 7.37. The van der Waals surface area contributed by atoms with Crippen molar-refractivity contribution in [3.8, 4) is 0 Å². The summed E-state index contributed by atoms with van der Waals surface area (Å²) in [5, 5.41) is 0. The number of nitrogens with two attached hydrogens (primary N) is 1. The molecular weight excluding hydrogens is 260 g/mol. The van der Waals surface area contributed by atoms with Crippen molar-refractivity contribution in [1.82, 2.24) is 5.43 Å². The Bertz CT molecular complexity index is 569. The quantitative estimate of drug-likeness (QED) is 0.629. The van der Waals surface area contributed by atoms with E-state index in [4.69, 9.17) is 10.6 Å². The Hall–Kier alpha value is -1.68. The maximum atomic E-state index is 5.96. The summed E-state index contributed by atoms with van der Waals surface area (Å²) in [5.74, 6) is 5.83. The molecule has 0 radical (unpaired) electrons. The van der Waals surface area contributed by atoms with Crippen LogP contribution in [0.5, 0.6) is 0 Å². The predicted octanol–water partition coefficient (Wildman–Crippen LogP) is 3.59. The molecule has 0 amide bonds.